The second-order valence-electron chi connectivity index (χ2n) is 3.10. The van der Waals surface area contributed by atoms with Crippen LogP contribution in [0, 0.1) is 11.3 Å². The Labute approximate surface area is 94.0 Å². The number of carboxylic acid groups (broad SMARTS) is 1. The topological polar surface area (TPSA) is 61.1 Å². The third-order valence-electron chi connectivity index (χ3n) is 1.87. The highest BCUT2D eigenvalue weighted by atomic mass is 16.4. The summed E-state index contributed by atoms with van der Waals surface area (Å²) in [5.41, 5.74) is 1.82. The smallest absolute Gasteiger partial charge is 0.328 e. The minimum absolute atomic E-state index is 0.390. The van der Waals surface area contributed by atoms with E-state index in [0.717, 1.165) is 17.2 Å². The zero-order chi connectivity index (χ0) is 11.8. The van der Waals surface area contributed by atoms with E-state index >= 15 is 0 Å². The van der Waals surface area contributed by atoms with Gasteiger partial charge in [0.15, 0.2) is 0 Å². The Bertz CT molecular complexity index is 450. The number of carbonyl (C=O) groups is 1. The van der Waals surface area contributed by atoms with Crippen LogP contribution in [0.1, 0.15) is 17.5 Å². The zero-order valence-corrected chi connectivity index (χ0v) is 8.63. The van der Waals surface area contributed by atoms with Crippen LogP contribution in [-0.4, -0.2) is 11.1 Å². The van der Waals surface area contributed by atoms with Gasteiger partial charge in [0.1, 0.15) is 0 Å². The molecule has 16 heavy (non-hydrogen) atoms. The molecule has 0 atom stereocenters. The monoisotopic (exact) mass is 213 g/mol. The molecule has 0 saturated heterocycles. The van der Waals surface area contributed by atoms with E-state index in [0.29, 0.717) is 6.42 Å². The molecule has 1 rings (SSSR count). The van der Waals surface area contributed by atoms with Crippen molar-refractivity contribution in [3.05, 3.63) is 47.5 Å². The fourth-order valence-corrected chi connectivity index (χ4v) is 1.13. The molecule has 1 aromatic rings. The van der Waals surface area contributed by atoms with Crippen LogP contribution < -0.4 is 0 Å². The quantitative estimate of drug-likeness (QED) is 0.782. The van der Waals surface area contributed by atoms with Crippen LogP contribution in [0.2, 0.25) is 0 Å². The van der Waals surface area contributed by atoms with Crippen LogP contribution in [0.3, 0.4) is 0 Å². The number of rotatable bonds is 4. The lowest BCUT2D eigenvalue weighted by Gasteiger charge is -1.94. The lowest BCUT2D eigenvalue weighted by atomic mass is 10.1. The van der Waals surface area contributed by atoms with Gasteiger partial charge < -0.3 is 5.11 Å². The average Bonchev–Trinajstić information content (AvgIpc) is 2.28. The van der Waals surface area contributed by atoms with Crippen molar-refractivity contribution in [3.63, 3.8) is 0 Å². The lowest BCUT2D eigenvalue weighted by Crippen LogP contribution is -1.85. The third-order valence-corrected chi connectivity index (χ3v) is 1.87. The van der Waals surface area contributed by atoms with Crippen LogP contribution in [0.25, 0.3) is 12.2 Å². The number of nitrogens with zero attached hydrogens (tertiary/aromatic N) is 1. The van der Waals surface area contributed by atoms with Gasteiger partial charge in [0.25, 0.3) is 0 Å². The van der Waals surface area contributed by atoms with Crippen molar-refractivity contribution in [1.82, 2.24) is 0 Å². The molecular weight excluding hydrogens is 202 g/mol. The molecule has 1 aromatic carbocycles. The fourth-order valence-electron chi connectivity index (χ4n) is 1.13. The molecule has 0 unspecified atom stereocenters. The molecule has 1 N–H and O–H groups in total. The van der Waals surface area contributed by atoms with E-state index in [1.807, 2.05) is 36.4 Å². The van der Waals surface area contributed by atoms with Crippen molar-refractivity contribution in [2.45, 2.75) is 6.42 Å². The summed E-state index contributed by atoms with van der Waals surface area (Å²) in [6.07, 6.45) is 6.66. The van der Waals surface area contributed by atoms with E-state index in [1.54, 1.807) is 6.08 Å². The highest BCUT2D eigenvalue weighted by Crippen LogP contribution is 2.08. The molecule has 0 aliphatic carbocycles. The van der Waals surface area contributed by atoms with Crippen molar-refractivity contribution < 1.29 is 9.90 Å². The van der Waals surface area contributed by atoms with Gasteiger partial charge in [-0.1, -0.05) is 36.4 Å². The maximum absolute atomic E-state index is 10.3. The highest BCUT2D eigenvalue weighted by Gasteiger charge is 1.90. The van der Waals surface area contributed by atoms with Crippen molar-refractivity contribution in [3.8, 4) is 6.07 Å². The molecule has 0 aliphatic heterocycles. The Balaban J connectivity index is 2.68. The van der Waals surface area contributed by atoms with Gasteiger partial charge in [-0.15, -0.1) is 0 Å². The average molecular weight is 213 g/mol. The van der Waals surface area contributed by atoms with Gasteiger partial charge in [0.05, 0.1) is 12.5 Å². The van der Waals surface area contributed by atoms with Crippen molar-refractivity contribution >= 4 is 18.1 Å². The van der Waals surface area contributed by atoms with E-state index < -0.39 is 5.97 Å². The molecule has 0 aliphatic rings. The standard InChI is InChI=1S/C13H11NO2/c14-10-2-1-3-11-4-6-12(7-5-11)8-9-13(15)16/h1,3-9H,2H2,(H,15,16)/b3-1?,9-8+. The molecule has 3 heteroatoms. The fraction of sp³-hybridized carbons (Fsp3) is 0.0769. The lowest BCUT2D eigenvalue weighted by molar-refractivity contribution is -0.131. The van der Waals surface area contributed by atoms with Crippen molar-refractivity contribution in [2.24, 2.45) is 0 Å². The van der Waals surface area contributed by atoms with Gasteiger partial charge in [-0.05, 0) is 17.2 Å². The first-order valence-corrected chi connectivity index (χ1v) is 4.77. The van der Waals surface area contributed by atoms with Crippen molar-refractivity contribution in [2.75, 3.05) is 0 Å². The number of benzene rings is 1. The summed E-state index contributed by atoms with van der Waals surface area (Å²) in [5, 5.41) is 16.8. The molecule has 80 valence electrons. The molecule has 0 amide bonds. The summed E-state index contributed by atoms with van der Waals surface area (Å²) in [7, 11) is 0. The van der Waals surface area contributed by atoms with Gasteiger partial charge >= 0.3 is 5.97 Å². The Morgan fingerprint density at radius 1 is 1.25 bits per heavy atom. The van der Waals surface area contributed by atoms with Crippen LogP contribution >= 0.6 is 0 Å². The van der Waals surface area contributed by atoms with Crippen molar-refractivity contribution in [1.29, 1.82) is 5.26 Å². The predicted molar refractivity (Wildman–Crippen MR) is 62.4 cm³/mol. The van der Waals surface area contributed by atoms with E-state index in [2.05, 4.69) is 0 Å². The van der Waals surface area contributed by atoms with Crippen LogP contribution in [0.4, 0.5) is 0 Å². The predicted octanol–water partition coefficient (Wildman–Crippen LogP) is 2.71. The van der Waals surface area contributed by atoms with Gasteiger partial charge in [0, 0.05) is 6.08 Å². The molecule has 0 heterocycles. The van der Waals surface area contributed by atoms with Crippen LogP contribution in [-0.2, 0) is 4.79 Å². The number of hydrogen-bond donors (Lipinski definition) is 1. The second-order valence-corrected chi connectivity index (χ2v) is 3.10. The first kappa shape index (κ1) is 11.7. The zero-order valence-electron chi connectivity index (χ0n) is 8.63. The molecule has 0 fully saturated rings. The second kappa shape index (κ2) is 6.20. The SMILES string of the molecule is N#CCC=Cc1ccc(/C=C/C(=O)O)cc1. The minimum Gasteiger partial charge on any atom is -0.478 e. The number of aliphatic carboxylic acids is 1. The highest BCUT2D eigenvalue weighted by molar-refractivity contribution is 5.85. The minimum atomic E-state index is -0.960. The first-order valence-electron chi connectivity index (χ1n) is 4.77. The van der Waals surface area contributed by atoms with E-state index in [1.165, 1.54) is 6.08 Å². The first-order chi connectivity index (χ1) is 7.72. The maximum Gasteiger partial charge on any atom is 0.328 e. The maximum atomic E-state index is 10.3. The summed E-state index contributed by atoms with van der Waals surface area (Å²) in [6.45, 7) is 0. The number of nitriles is 1. The molecule has 0 bridgehead atoms. The van der Waals surface area contributed by atoms with Crippen LogP contribution in [0.15, 0.2) is 36.4 Å². The van der Waals surface area contributed by atoms with E-state index in [-0.39, 0.29) is 0 Å². The molecule has 3 nitrogen and oxygen atoms in total. The van der Waals surface area contributed by atoms with E-state index in [4.69, 9.17) is 10.4 Å². The molecule has 0 saturated carbocycles. The normalized spacial score (nSPS) is 10.7. The Kier molecular flexibility index (Phi) is 4.55. The number of hydrogen-bond acceptors (Lipinski definition) is 2. The Morgan fingerprint density at radius 2 is 1.81 bits per heavy atom. The molecule has 0 spiro atoms. The summed E-state index contributed by atoms with van der Waals surface area (Å²) < 4.78 is 0. The van der Waals surface area contributed by atoms with Gasteiger partial charge in [-0.2, -0.15) is 5.26 Å². The van der Waals surface area contributed by atoms with Gasteiger partial charge in [-0.25, -0.2) is 4.79 Å². The molecular formula is C13H11NO2. The third kappa shape index (κ3) is 4.25. The summed E-state index contributed by atoms with van der Waals surface area (Å²) in [4.78, 5) is 10.3. The Morgan fingerprint density at radius 3 is 2.31 bits per heavy atom. The van der Waals surface area contributed by atoms with Crippen LogP contribution in [0.5, 0.6) is 0 Å². The largest absolute Gasteiger partial charge is 0.478 e. The number of carboxylic acids is 1. The summed E-state index contributed by atoms with van der Waals surface area (Å²) in [5.74, 6) is -0.960. The van der Waals surface area contributed by atoms with Gasteiger partial charge in [0.2, 0.25) is 0 Å². The summed E-state index contributed by atoms with van der Waals surface area (Å²) in [6, 6.07) is 9.41. The molecule has 0 radical (unpaired) electrons. The summed E-state index contributed by atoms with van der Waals surface area (Å²) >= 11 is 0. The number of allylic oxidation sites excluding steroid dienone is 1. The Hall–Kier alpha value is -2.34. The molecule has 0 aromatic heterocycles. The van der Waals surface area contributed by atoms with Gasteiger partial charge in [-0.3, -0.25) is 0 Å². The van der Waals surface area contributed by atoms with E-state index in [9.17, 15) is 4.79 Å².